The van der Waals surface area contributed by atoms with Crippen LogP contribution in [0.3, 0.4) is 0 Å². The van der Waals surface area contributed by atoms with Crippen LogP contribution in [-0.4, -0.2) is 9.91 Å². The smallest absolute Gasteiger partial charge is 0.313 e. The Bertz CT molecular complexity index is 622. The summed E-state index contributed by atoms with van der Waals surface area (Å²) in [7, 11) is 0. The Kier molecular flexibility index (Phi) is 3.91. The molecule has 0 N–H and O–H groups in total. The molecule has 0 fully saturated rings. The number of aromatic nitrogens is 1. The Morgan fingerprint density at radius 1 is 1.42 bits per heavy atom. The van der Waals surface area contributed by atoms with E-state index in [1.165, 1.54) is 12.3 Å². The van der Waals surface area contributed by atoms with Crippen molar-refractivity contribution < 1.29 is 14.1 Å². The number of halogens is 2. The maximum absolute atomic E-state index is 12.9. The van der Waals surface area contributed by atoms with Gasteiger partial charge in [0.15, 0.2) is 5.75 Å². The van der Waals surface area contributed by atoms with Gasteiger partial charge in [0.25, 0.3) is 0 Å². The van der Waals surface area contributed by atoms with Crippen molar-refractivity contribution in [3.63, 3.8) is 0 Å². The summed E-state index contributed by atoms with van der Waals surface area (Å²) in [5, 5.41) is 11.0. The van der Waals surface area contributed by atoms with E-state index in [1.807, 2.05) is 0 Å². The lowest BCUT2D eigenvalue weighted by Crippen LogP contribution is -2.00. The zero-order valence-corrected chi connectivity index (χ0v) is 10.3. The van der Waals surface area contributed by atoms with Crippen LogP contribution in [0.5, 0.6) is 5.75 Å². The number of nitro benzene ring substituents is 1. The summed E-state index contributed by atoms with van der Waals surface area (Å²) in [6, 6.07) is 6.46. The van der Waals surface area contributed by atoms with Crippen molar-refractivity contribution in [1.29, 1.82) is 0 Å². The molecule has 19 heavy (non-hydrogen) atoms. The van der Waals surface area contributed by atoms with Gasteiger partial charge >= 0.3 is 5.69 Å². The molecule has 7 heteroatoms. The predicted molar refractivity (Wildman–Crippen MR) is 66.6 cm³/mol. The van der Waals surface area contributed by atoms with Gasteiger partial charge in [-0.3, -0.25) is 10.1 Å². The van der Waals surface area contributed by atoms with Crippen LogP contribution in [0.4, 0.5) is 10.1 Å². The minimum absolute atomic E-state index is 0.0130. The van der Waals surface area contributed by atoms with E-state index < -0.39 is 16.4 Å². The molecule has 5 nitrogen and oxygen atoms in total. The van der Waals surface area contributed by atoms with Crippen LogP contribution in [0.1, 0.15) is 5.56 Å². The van der Waals surface area contributed by atoms with Crippen LogP contribution in [0.15, 0.2) is 36.5 Å². The number of benzene rings is 1. The summed E-state index contributed by atoms with van der Waals surface area (Å²) in [5.41, 5.74) is 0.155. The topological polar surface area (TPSA) is 65.3 Å². The van der Waals surface area contributed by atoms with E-state index >= 15 is 0 Å². The van der Waals surface area contributed by atoms with E-state index in [2.05, 4.69) is 4.98 Å². The van der Waals surface area contributed by atoms with Crippen LogP contribution < -0.4 is 4.74 Å². The van der Waals surface area contributed by atoms with Crippen LogP contribution >= 0.6 is 11.6 Å². The van der Waals surface area contributed by atoms with Gasteiger partial charge in [-0.05, 0) is 18.2 Å². The fourth-order valence-electron chi connectivity index (χ4n) is 1.44. The van der Waals surface area contributed by atoms with Crippen molar-refractivity contribution in [3.8, 4) is 5.75 Å². The van der Waals surface area contributed by atoms with Gasteiger partial charge in [-0.2, -0.15) is 0 Å². The Labute approximate surface area is 112 Å². The molecule has 0 atom stereocenters. The molecule has 0 unspecified atom stereocenters. The van der Waals surface area contributed by atoms with E-state index in [4.69, 9.17) is 16.3 Å². The van der Waals surface area contributed by atoms with Crippen LogP contribution in [0.25, 0.3) is 0 Å². The summed E-state index contributed by atoms with van der Waals surface area (Å²) in [6.45, 7) is 0.0130. The largest absolute Gasteiger partial charge is 0.482 e. The van der Waals surface area contributed by atoms with Gasteiger partial charge in [0.05, 0.1) is 11.0 Å². The molecule has 0 saturated heterocycles. The maximum atomic E-state index is 12.9. The standard InChI is InChI=1S/C12H8ClFN2O3/c13-12-8(2-1-5-15-12)7-19-11-4-3-9(14)6-10(11)16(17)18/h1-6H,7H2. The first-order valence-corrected chi connectivity index (χ1v) is 5.62. The monoisotopic (exact) mass is 282 g/mol. The molecule has 0 aliphatic heterocycles. The summed E-state index contributed by atoms with van der Waals surface area (Å²) in [5.74, 6) is -0.718. The van der Waals surface area contributed by atoms with E-state index in [9.17, 15) is 14.5 Å². The molecule has 2 aromatic rings. The minimum atomic E-state index is -0.705. The highest BCUT2D eigenvalue weighted by Gasteiger charge is 2.16. The highest BCUT2D eigenvalue weighted by molar-refractivity contribution is 6.30. The lowest BCUT2D eigenvalue weighted by atomic mass is 10.2. The summed E-state index contributed by atoms with van der Waals surface area (Å²) in [6.07, 6.45) is 1.52. The first-order chi connectivity index (χ1) is 9.08. The number of rotatable bonds is 4. The molecule has 1 aromatic carbocycles. The number of hydrogen-bond donors (Lipinski definition) is 0. The number of hydrogen-bond acceptors (Lipinski definition) is 4. The third-order valence-electron chi connectivity index (χ3n) is 2.34. The zero-order chi connectivity index (χ0) is 13.8. The minimum Gasteiger partial charge on any atom is -0.482 e. The fourth-order valence-corrected chi connectivity index (χ4v) is 1.61. The highest BCUT2D eigenvalue weighted by Crippen LogP contribution is 2.28. The average molecular weight is 283 g/mol. The third-order valence-corrected chi connectivity index (χ3v) is 2.68. The van der Waals surface area contributed by atoms with Crippen molar-refractivity contribution in [1.82, 2.24) is 4.98 Å². The Balaban J connectivity index is 2.20. The summed E-state index contributed by atoms with van der Waals surface area (Å²) < 4.78 is 18.2. The van der Waals surface area contributed by atoms with Crippen molar-refractivity contribution in [3.05, 3.63) is 63.2 Å². The second-order valence-corrected chi connectivity index (χ2v) is 3.97. The van der Waals surface area contributed by atoms with Gasteiger partial charge < -0.3 is 4.74 Å². The van der Waals surface area contributed by atoms with Gasteiger partial charge in [-0.25, -0.2) is 9.37 Å². The lowest BCUT2D eigenvalue weighted by molar-refractivity contribution is -0.386. The first-order valence-electron chi connectivity index (χ1n) is 5.24. The van der Waals surface area contributed by atoms with Crippen LogP contribution in [0.2, 0.25) is 5.15 Å². The van der Waals surface area contributed by atoms with E-state index in [0.717, 1.165) is 12.1 Å². The van der Waals surface area contributed by atoms with E-state index in [0.29, 0.717) is 5.56 Å². The van der Waals surface area contributed by atoms with E-state index in [-0.39, 0.29) is 17.5 Å². The number of pyridine rings is 1. The lowest BCUT2D eigenvalue weighted by Gasteiger charge is -2.07. The molecular formula is C12H8ClFN2O3. The Morgan fingerprint density at radius 3 is 2.89 bits per heavy atom. The van der Waals surface area contributed by atoms with Gasteiger partial charge in [-0.15, -0.1) is 0 Å². The first kappa shape index (κ1) is 13.2. The molecule has 0 aliphatic rings. The molecular weight excluding hydrogens is 275 g/mol. The second-order valence-electron chi connectivity index (χ2n) is 3.61. The van der Waals surface area contributed by atoms with Gasteiger partial charge in [-0.1, -0.05) is 17.7 Å². The highest BCUT2D eigenvalue weighted by atomic mass is 35.5. The zero-order valence-electron chi connectivity index (χ0n) is 9.55. The molecule has 0 radical (unpaired) electrons. The van der Waals surface area contributed by atoms with Crippen molar-refractivity contribution in [2.75, 3.05) is 0 Å². The molecule has 1 heterocycles. The molecule has 0 spiro atoms. The maximum Gasteiger partial charge on any atom is 0.313 e. The normalized spacial score (nSPS) is 10.2. The van der Waals surface area contributed by atoms with Crippen molar-refractivity contribution in [2.24, 2.45) is 0 Å². The summed E-state index contributed by atoms with van der Waals surface area (Å²) in [4.78, 5) is 13.9. The number of ether oxygens (including phenoxy) is 1. The molecule has 0 amide bonds. The quantitative estimate of drug-likeness (QED) is 0.490. The molecule has 1 aromatic heterocycles. The molecule has 0 bridgehead atoms. The number of nitro groups is 1. The van der Waals surface area contributed by atoms with Gasteiger partial charge in [0.1, 0.15) is 17.6 Å². The Morgan fingerprint density at radius 2 is 2.21 bits per heavy atom. The summed E-state index contributed by atoms with van der Waals surface area (Å²) >= 11 is 5.83. The average Bonchev–Trinajstić information content (AvgIpc) is 2.38. The predicted octanol–water partition coefficient (Wildman–Crippen LogP) is 3.36. The van der Waals surface area contributed by atoms with Crippen LogP contribution in [-0.2, 0) is 6.61 Å². The second kappa shape index (κ2) is 5.62. The van der Waals surface area contributed by atoms with Gasteiger partial charge in [0.2, 0.25) is 0 Å². The van der Waals surface area contributed by atoms with Crippen molar-refractivity contribution >= 4 is 17.3 Å². The van der Waals surface area contributed by atoms with E-state index in [1.54, 1.807) is 12.1 Å². The third kappa shape index (κ3) is 3.17. The van der Waals surface area contributed by atoms with Crippen molar-refractivity contribution in [2.45, 2.75) is 6.61 Å². The molecule has 2 rings (SSSR count). The molecule has 0 aliphatic carbocycles. The van der Waals surface area contributed by atoms with Crippen LogP contribution in [0, 0.1) is 15.9 Å². The Hall–Kier alpha value is -2.21. The number of nitrogens with zero attached hydrogens (tertiary/aromatic N) is 2. The SMILES string of the molecule is O=[N+]([O-])c1cc(F)ccc1OCc1cccnc1Cl. The molecule has 0 saturated carbocycles. The fraction of sp³-hybridized carbons (Fsp3) is 0.0833. The van der Waals surface area contributed by atoms with Gasteiger partial charge in [0, 0.05) is 11.8 Å². The molecule has 98 valence electrons.